The molecular formula is C51H37NO. The van der Waals surface area contributed by atoms with Crippen molar-refractivity contribution in [3.63, 3.8) is 0 Å². The van der Waals surface area contributed by atoms with Crippen LogP contribution in [-0.2, 0) is 5.41 Å². The number of fused-ring (bicyclic) bond motifs is 13. The first-order valence-electron chi connectivity index (χ1n) is 18.7. The SMILES string of the molecule is CC1(C)c2ccccc2-c2ccc(N(C3=c4c(c5ccc6oc7ccccc7c6c5c5ccccc45)=CCC3)c3ccc(-c4ccccc4)cc3)cc21. The van der Waals surface area contributed by atoms with Crippen LogP contribution < -0.4 is 15.3 Å². The minimum Gasteiger partial charge on any atom is -0.456 e. The molecule has 1 aromatic heterocycles. The Balaban J connectivity index is 1.23. The summed E-state index contributed by atoms with van der Waals surface area (Å²) < 4.78 is 6.42. The van der Waals surface area contributed by atoms with Crippen molar-refractivity contribution in [2.24, 2.45) is 0 Å². The Hall–Kier alpha value is -6.38. The maximum atomic E-state index is 6.42. The molecule has 0 aliphatic heterocycles. The fourth-order valence-corrected chi connectivity index (χ4v) is 9.47. The van der Waals surface area contributed by atoms with Crippen molar-refractivity contribution in [2.45, 2.75) is 32.1 Å². The van der Waals surface area contributed by atoms with Crippen molar-refractivity contribution in [1.29, 1.82) is 0 Å². The third-order valence-electron chi connectivity index (χ3n) is 11.9. The first-order chi connectivity index (χ1) is 26.1. The normalized spacial score (nSPS) is 14.3. The maximum Gasteiger partial charge on any atom is 0.136 e. The van der Waals surface area contributed by atoms with E-state index in [1.165, 1.54) is 93.2 Å². The van der Waals surface area contributed by atoms with Crippen molar-refractivity contribution in [3.8, 4) is 22.3 Å². The summed E-state index contributed by atoms with van der Waals surface area (Å²) >= 11 is 0. The zero-order chi connectivity index (χ0) is 35.3. The molecular weight excluding hydrogens is 643 g/mol. The molecule has 0 saturated heterocycles. The summed E-state index contributed by atoms with van der Waals surface area (Å²) in [6.45, 7) is 4.75. The van der Waals surface area contributed by atoms with Crippen molar-refractivity contribution in [1.82, 2.24) is 0 Å². The van der Waals surface area contributed by atoms with Gasteiger partial charge in [-0.05, 0) is 110 Å². The first kappa shape index (κ1) is 30.3. The van der Waals surface area contributed by atoms with Gasteiger partial charge in [0.2, 0.25) is 0 Å². The van der Waals surface area contributed by atoms with Gasteiger partial charge in [0.15, 0.2) is 0 Å². The molecule has 0 radical (unpaired) electrons. The van der Waals surface area contributed by atoms with E-state index < -0.39 is 0 Å². The molecule has 2 aliphatic carbocycles. The monoisotopic (exact) mass is 679 g/mol. The third-order valence-corrected chi connectivity index (χ3v) is 11.9. The second kappa shape index (κ2) is 11.3. The van der Waals surface area contributed by atoms with Gasteiger partial charge < -0.3 is 9.32 Å². The Kier molecular flexibility index (Phi) is 6.46. The molecule has 8 aromatic carbocycles. The highest BCUT2D eigenvalue weighted by Crippen LogP contribution is 2.50. The van der Waals surface area contributed by atoms with Gasteiger partial charge in [0.25, 0.3) is 0 Å². The molecule has 0 spiro atoms. The van der Waals surface area contributed by atoms with Gasteiger partial charge in [0.05, 0.1) is 0 Å². The van der Waals surface area contributed by atoms with Crippen LogP contribution in [0.3, 0.4) is 0 Å². The number of nitrogens with zero attached hydrogens (tertiary/aromatic N) is 1. The summed E-state index contributed by atoms with van der Waals surface area (Å²) in [5.74, 6) is 0. The number of anilines is 2. The van der Waals surface area contributed by atoms with Gasteiger partial charge in [-0.1, -0.05) is 135 Å². The highest BCUT2D eigenvalue weighted by molar-refractivity contribution is 6.27. The largest absolute Gasteiger partial charge is 0.456 e. The van der Waals surface area contributed by atoms with Gasteiger partial charge in [-0.15, -0.1) is 0 Å². The van der Waals surface area contributed by atoms with Crippen molar-refractivity contribution in [2.75, 3.05) is 4.90 Å². The zero-order valence-corrected chi connectivity index (χ0v) is 29.9. The first-order valence-corrected chi connectivity index (χ1v) is 18.7. The van der Waals surface area contributed by atoms with E-state index in [1.54, 1.807) is 0 Å². The summed E-state index contributed by atoms with van der Waals surface area (Å²) in [6.07, 6.45) is 4.36. The molecule has 0 saturated carbocycles. The van der Waals surface area contributed by atoms with Crippen molar-refractivity contribution in [3.05, 3.63) is 179 Å². The van der Waals surface area contributed by atoms with Crippen LogP contribution in [0.25, 0.3) is 77.5 Å². The number of rotatable bonds is 4. The molecule has 0 N–H and O–H groups in total. The average Bonchev–Trinajstić information content (AvgIpc) is 3.70. The highest BCUT2D eigenvalue weighted by Gasteiger charge is 2.36. The Bertz CT molecular complexity index is 3070. The fourth-order valence-electron chi connectivity index (χ4n) is 9.47. The van der Waals surface area contributed by atoms with Crippen LogP contribution in [0.4, 0.5) is 11.4 Å². The Morgan fingerprint density at radius 2 is 1.19 bits per heavy atom. The summed E-state index contributed by atoms with van der Waals surface area (Å²) in [5.41, 5.74) is 13.4. The molecule has 0 bridgehead atoms. The number of furan rings is 1. The van der Waals surface area contributed by atoms with E-state index in [1.807, 2.05) is 0 Å². The van der Waals surface area contributed by atoms with Crippen LogP contribution in [0.2, 0.25) is 0 Å². The Morgan fingerprint density at radius 3 is 2.04 bits per heavy atom. The van der Waals surface area contributed by atoms with Crippen LogP contribution in [0.15, 0.2) is 162 Å². The smallest absolute Gasteiger partial charge is 0.136 e. The molecule has 9 aromatic rings. The van der Waals surface area contributed by atoms with Crippen molar-refractivity contribution < 1.29 is 4.42 Å². The van der Waals surface area contributed by atoms with Crippen LogP contribution in [0, 0.1) is 0 Å². The topological polar surface area (TPSA) is 16.4 Å². The van der Waals surface area contributed by atoms with E-state index >= 15 is 0 Å². The summed E-state index contributed by atoms with van der Waals surface area (Å²) in [6, 6.07) is 57.9. The molecule has 2 heteroatoms. The quantitative estimate of drug-likeness (QED) is 0.172. The van der Waals surface area contributed by atoms with E-state index in [9.17, 15) is 0 Å². The second-order valence-electron chi connectivity index (χ2n) is 15.1. The number of benzene rings is 8. The van der Waals surface area contributed by atoms with Gasteiger partial charge in [-0.2, -0.15) is 0 Å². The van der Waals surface area contributed by atoms with Gasteiger partial charge in [0, 0.05) is 43.9 Å². The summed E-state index contributed by atoms with van der Waals surface area (Å²) in [4.78, 5) is 2.56. The Labute approximate surface area is 308 Å². The lowest BCUT2D eigenvalue weighted by Crippen LogP contribution is -2.36. The second-order valence-corrected chi connectivity index (χ2v) is 15.1. The predicted molar refractivity (Wildman–Crippen MR) is 223 cm³/mol. The van der Waals surface area contributed by atoms with E-state index in [0.29, 0.717) is 0 Å². The number of para-hydroxylation sites is 1. The summed E-state index contributed by atoms with van der Waals surface area (Å²) in [7, 11) is 0. The van der Waals surface area contributed by atoms with E-state index in [4.69, 9.17) is 4.42 Å². The molecule has 2 nitrogen and oxygen atoms in total. The molecule has 0 unspecified atom stereocenters. The fraction of sp³-hybridized carbons (Fsp3) is 0.0980. The average molecular weight is 680 g/mol. The lowest BCUT2D eigenvalue weighted by molar-refractivity contribution is 0.660. The lowest BCUT2D eigenvalue weighted by Gasteiger charge is -2.32. The highest BCUT2D eigenvalue weighted by atomic mass is 16.3. The van der Waals surface area contributed by atoms with Gasteiger partial charge in [-0.25, -0.2) is 0 Å². The zero-order valence-electron chi connectivity index (χ0n) is 29.9. The van der Waals surface area contributed by atoms with Gasteiger partial charge in [-0.3, -0.25) is 0 Å². The Morgan fingerprint density at radius 1 is 0.509 bits per heavy atom. The molecule has 0 atom stereocenters. The number of hydrogen-bond donors (Lipinski definition) is 0. The predicted octanol–water partition coefficient (Wildman–Crippen LogP) is 12.4. The third kappa shape index (κ3) is 4.39. The molecule has 0 amide bonds. The summed E-state index contributed by atoms with van der Waals surface area (Å²) in [5, 5.41) is 10.1. The molecule has 53 heavy (non-hydrogen) atoms. The molecule has 252 valence electrons. The van der Waals surface area contributed by atoms with E-state index in [2.05, 4.69) is 183 Å². The van der Waals surface area contributed by atoms with E-state index in [-0.39, 0.29) is 5.41 Å². The molecule has 2 aliphatic rings. The van der Waals surface area contributed by atoms with Crippen LogP contribution in [-0.4, -0.2) is 0 Å². The minimum absolute atomic E-state index is 0.102. The number of hydrogen-bond acceptors (Lipinski definition) is 2. The standard InChI is InChI=1S/C51H37NO/c1-51(2)43-20-10-8-15-36(43)37-28-27-35(31-44(37)51)52(34-25-23-33(24-26-34)32-13-4-3-5-14-32)45-21-12-19-39-41-29-30-47-50(42-18-9-11-22-46(42)53-47)49(41)40-17-7-6-16-38(40)48(39)45/h3-11,13-20,22-31H,12,21H2,1-2H3. The van der Waals surface area contributed by atoms with Gasteiger partial charge in [0.1, 0.15) is 11.2 Å². The van der Waals surface area contributed by atoms with Crippen LogP contribution in [0.1, 0.15) is 37.8 Å². The van der Waals surface area contributed by atoms with E-state index in [0.717, 1.165) is 24.0 Å². The van der Waals surface area contributed by atoms with Crippen LogP contribution in [0.5, 0.6) is 0 Å². The minimum atomic E-state index is -0.102. The molecule has 0 fully saturated rings. The lowest BCUT2D eigenvalue weighted by atomic mass is 9.82. The molecule has 11 rings (SSSR count). The molecule has 1 heterocycles. The van der Waals surface area contributed by atoms with Gasteiger partial charge >= 0.3 is 0 Å². The maximum absolute atomic E-state index is 6.42. The van der Waals surface area contributed by atoms with Crippen LogP contribution >= 0.6 is 0 Å². The van der Waals surface area contributed by atoms with Crippen molar-refractivity contribution >= 4 is 66.6 Å².